The van der Waals surface area contributed by atoms with E-state index in [0.29, 0.717) is 6.07 Å². The molecule has 11 N–H and O–H groups in total. The largest absolute Gasteiger partial charge is 0.508 e. The zero-order valence-electron chi connectivity index (χ0n) is 22.4. The van der Waals surface area contributed by atoms with Gasteiger partial charge < -0.3 is 79.5 Å². The Morgan fingerprint density at radius 1 is 0.727 bits per heavy atom. The third kappa shape index (κ3) is 5.61. The zero-order valence-corrected chi connectivity index (χ0v) is 22.4. The molecule has 17 nitrogen and oxygen atoms in total. The molecule has 44 heavy (non-hydrogen) atoms. The van der Waals surface area contributed by atoms with Crippen LogP contribution in [0.1, 0.15) is 0 Å². The highest BCUT2D eigenvalue weighted by atomic mass is 16.7. The Labute approximate surface area is 246 Å². The number of ether oxygens (including phenoxy) is 4. The molecular formula is C27H30O17. The summed E-state index contributed by atoms with van der Waals surface area (Å²) in [5.74, 6) is -3.82. The van der Waals surface area contributed by atoms with Gasteiger partial charge in [-0.25, -0.2) is 0 Å². The van der Waals surface area contributed by atoms with Gasteiger partial charge in [-0.2, -0.15) is 0 Å². The Bertz CT molecular complexity index is 1540. The summed E-state index contributed by atoms with van der Waals surface area (Å²) in [6.45, 7) is -1.41. The molecule has 10 atom stereocenters. The summed E-state index contributed by atoms with van der Waals surface area (Å²) in [6.07, 6.45) is -17.4. The van der Waals surface area contributed by atoms with E-state index < -0.39 is 120 Å². The fraction of sp³-hybridized carbons (Fsp3) is 0.444. The van der Waals surface area contributed by atoms with Crippen molar-refractivity contribution in [1.82, 2.24) is 0 Å². The predicted octanol–water partition coefficient (Wildman–Crippen LogP) is -2.71. The molecule has 2 aliphatic heterocycles. The molecule has 3 heterocycles. The summed E-state index contributed by atoms with van der Waals surface area (Å²) in [7, 11) is 0. The number of aliphatic hydroxyl groups is 7. The average Bonchev–Trinajstić information content (AvgIpc) is 3.00. The van der Waals surface area contributed by atoms with Gasteiger partial charge in [-0.15, -0.1) is 0 Å². The minimum Gasteiger partial charge on any atom is -0.508 e. The van der Waals surface area contributed by atoms with Crippen LogP contribution in [0, 0.1) is 0 Å². The van der Waals surface area contributed by atoms with E-state index in [-0.39, 0.29) is 11.3 Å². The van der Waals surface area contributed by atoms with Crippen LogP contribution in [0.3, 0.4) is 0 Å². The van der Waals surface area contributed by atoms with Gasteiger partial charge in [-0.05, 0) is 24.3 Å². The van der Waals surface area contributed by atoms with Gasteiger partial charge >= 0.3 is 0 Å². The van der Waals surface area contributed by atoms with Crippen molar-refractivity contribution in [2.24, 2.45) is 0 Å². The van der Waals surface area contributed by atoms with Crippen LogP contribution in [-0.4, -0.2) is 131 Å². The maximum atomic E-state index is 13.0. The van der Waals surface area contributed by atoms with Gasteiger partial charge in [0.05, 0.1) is 13.2 Å². The molecule has 17 heteroatoms. The molecule has 3 aromatic rings. The van der Waals surface area contributed by atoms with Crippen LogP contribution in [0.25, 0.3) is 22.3 Å². The van der Waals surface area contributed by atoms with Crippen molar-refractivity contribution in [3.63, 3.8) is 0 Å². The van der Waals surface area contributed by atoms with E-state index in [1.165, 1.54) is 24.3 Å². The first-order chi connectivity index (χ1) is 20.8. The van der Waals surface area contributed by atoms with Gasteiger partial charge in [0.25, 0.3) is 0 Å². The van der Waals surface area contributed by atoms with Crippen molar-refractivity contribution < 1.29 is 79.5 Å². The van der Waals surface area contributed by atoms with Gasteiger partial charge in [-0.3, -0.25) is 4.79 Å². The van der Waals surface area contributed by atoms with Gasteiger partial charge in [0.15, 0.2) is 23.4 Å². The number of benzene rings is 2. The number of fused-ring (bicyclic) bond motifs is 1. The summed E-state index contributed by atoms with van der Waals surface area (Å²) in [5, 5.41) is 112. The Morgan fingerprint density at radius 3 is 1.95 bits per heavy atom. The van der Waals surface area contributed by atoms with Crippen LogP contribution in [0.2, 0.25) is 0 Å². The Morgan fingerprint density at radius 2 is 1.32 bits per heavy atom. The maximum Gasteiger partial charge on any atom is 0.238 e. The summed E-state index contributed by atoms with van der Waals surface area (Å²) < 4.78 is 27.4. The molecule has 4 unspecified atom stereocenters. The maximum absolute atomic E-state index is 13.0. The molecule has 0 aliphatic carbocycles. The van der Waals surface area contributed by atoms with E-state index in [1.807, 2.05) is 0 Å². The number of aliphatic hydroxyl groups excluding tert-OH is 7. The SMILES string of the molecule is O=c1c(O)c(-c2ccc(O)cc2)oc2c(O[C@@H]3O[C@@H](CO[C@@H]4OC(CO)[C@@H](O)[C@H](O)C4O)[C@@H](O)C(O)C3O)c(O)cc(O)c12. The lowest BCUT2D eigenvalue weighted by Gasteiger charge is -2.42. The lowest BCUT2D eigenvalue weighted by molar-refractivity contribution is -0.323. The number of aromatic hydroxyl groups is 4. The van der Waals surface area contributed by atoms with Crippen LogP contribution >= 0.6 is 0 Å². The highest BCUT2D eigenvalue weighted by Crippen LogP contribution is 2.44. The quantitative estimate of drug-likeness (QED) is 0.127. The van der Waals surface area contributed by atoms with E-state index in [9.17, 15) is 61.0 Å². The number of hydrogen-bond acceptors (Lipinski definition) is 17. The molecule has 0 saturated carbocycles. The Hall–Kier alpha value is -3.75. The second-order valence-corrected chi connectivity index (χ2v) is 10.3. The molecular weight excluding hydrogens is 596 g/mol. The monoisotopic (exact) mass is 626 g/mol. The molecule has 0 spiro atoms. The zero-order chi connectivity index (χ0) is 32.0. The highest BCUT2D eigenvalue weighted by Gasteiger charge is 2.48. The van der Waals surface area contributed by atoms with Gasteiger partial charge in [0.2, 0.25) is 23.2 Å². The topological polar surface area (TPSA) is 290 Å². The van der Waals surface area contributed by atoms with Gasteiger partial charge in [0, 0.05) is 11.6 Å². The molecule has 0 amide bonds. The molecule has 2 aromatic carbocycles. The van der Waals surface area contributed by atoms with E-state index in [4.69, 9.17) is 23.4 Å². The van der Waals surface area contributed by atoms with E-state index in [1.54, 1.807) is 0 Å². The molecule has 2 aliphatic rings. The molecule has 2 saturated heterocycles. The Kier molecular flexibility index (Phi) is 8.87. The fourth-order valence-corrected chi connectivity index (χ4v) is 4.89. The lowest BCUT2D eigenvalue weighted by atomic mass is 9.98. The van der Waals surface area contributed by atoms with E-state index >= 15 is 0 Å². The molecule has 240 valence electrons. The average molecular weight is 627 g/mol. The van der Waals surface area contributed by atoms with Crippen molar-refractivity contribution in [2.45, 2.75) is 61.4 Å². The second kappa shape index (κ2) is 12.3. The predicted molar refractivity (Wildman–Crippen MR) is 142 cm³/mol. The van der Waals surface area contributed by atoms with E-state index in [0.717, 1.165) is 0 Å². The van der Waals surface area contributed by atoms with Gasteiger partial charge in [-0.1, -0.05) is 0 Å². The molecule has 0 bridgehead atoms. The first-order valence-corrected chi connectivity index (χ1v) is 13.2. The van der Waals surface area contributed by atoms with Crippen LogP contribution in [0.4, 0.5) is 0 Å². The molecule has 1 aromatic heterocycles. The summed E-state index contributed by atoms with van der Waals surface area (Å²) in [4.78, 5) is 13.0. The van der Waals surface area contributed by atoms with Crippen LogP contribution in [-0.2, 0) is 14.2 Å². The third-order valence-electron chi connectivity index (χ3n) is 7.36. The summed E-state index contributed by atoms with van der Waals surface area (Å²) in [6, 6.07) is 5.76. The standard InChI is InChI=1S/C27H30O17/c28-6-12-15(32)18(35)21(38)26(41-12)40-7-13-16(33)19(36)22(39)27(42-13)44-24-11(31)5-10(30)14-17(34)20(37)23(43-25(14)24)8-1-3-9(29)4-2-8/h1-5,12-13,15-16,18-19,21-22,26-33,35-39H,6-7H2/t12?,13-,15+,16+,18-,19?,21?,22?,26+,27-/m0/s1. The first-order valence-electron chi connectivity index (χ1n) is 13.2. The Balaban J connectivity index is 1.45. The first kappa shape index (κ1) is 31.7. The van der Waals surface area contributed by atoms with Crippen LogP contribution in [0.5, 0.6) is 28.7 Å². The fourth-order valence-electron chi connectivity index (χ4n) is 4.89. The van der Waals surface area contributed by atoms with Crippen molar-refractivity contribution in [3.8, 4) is 40.1 Å². The third-order valence-corrected chi connectivity index (χ3v) is 7.36. The minimum atomic E-state index is -1.99. The van der Waals surface area contributed by atoms with Gasteiger partial charge in [0.1, 0.15) is 65.7 Å². The van der Waals surface area contributed by atoms with Crippen molar-refractivity contribution in [1.29, 1.82) is 0 Å². The molecule has 5 rings (SSSR count). The van der Waals surface area contributed by atoms with Crippen molar-refractivity contribution in [2.75, 3.05) is 13.2 Å². The minimum absolute atomic E-state index is 0.103. The van der Waals surface area contributed by atoms with Crippen molar-refractivity contribution in [3.05, 3.63) is 40.6 Å². The number of hydrogen-bond donors (Lipinski definition) is 11. The second-order valence-electron chi connectivity index (χ2n) is 10.3. The molecule has 0 radical (unpaired) electrons. The smallest absolute Gasteiger partial charge is 0.238 e. The van der Waals surface area contributed by atoms with Crippen molar-refractivity contribution >= 4 is 11.0 Å². The number of phenols is 3. The van der Waals surface area contributed by atoms with Crippen LogP contribution < -0.4 is 10.2 Å². The summed E-state index contributed by atoms with van der Waals surface area (Å²) >= 11 is 0. The molecule has 2 fully saturated rings. The number of phenolic OH excluding ortho intramolecular Hbond substituents is 3. The lowest BCUT2D eigenvalue weighted by Crippen LogP contribution is -2.62. The van der Waals surface area contributed by atoms with Crippen LogP contribution in [0.15, 0.2) is 39.5 Å². The number of rotatable bonds is 7. The van der Waals surface area contributed by atoms with E-state index in [2.05, 4.69) is 0 Å². The normalized spacial score (nSPS) is 32.5. The summed E-state index contributed by atoms with van der Waals surface area (Å²) in [5.41, 5.74) is -1.65. The highest BCUT2D eigenvalue weighted by molar-refractivity contribution is 5.93.